The summed E-state index contributed by atoms with van der Waals surface area (Å²) in [6.07, 6.45) is 3.48. The van der Waals surface area contributed by atoms with E-state index in [0.717, 1.165) is 40.5 Å². The number of hydrogen-bond donors (Lipinski definition) is 1. The van der Waals surface area contributed by atoms with Crippen molar-refractivity contribution in [2.24, 2.45) is 0 Å². The average Bonchev–Trinajstić information content (AvgIpc) is 2.88. The van der Waals surface area contributed by atoms with Crippen LogP contribution in [0.25, 0.3) is 0 Å². The standard InChI is InChI=1S/C14H17BrN4O/c1-20-12-6-5-10(8-11(12)15)16-9-14-18-17-13-4-2-3-7-19(13)14/h5-6,8,16H,2-4,7,9H2,1H3. The highest BCUT2D eigenvalue weighted by Gasteiger charge is 2.15. The largest absolute Gasteiger partial charge is 0.496 e. The van der Waals surface area contributed by atoms with Crippen LogP contribution in [0.15, 0.2) is 22.7 Å². The van der Waals surface area contributed by atoms with Crippen LogP contribution >= 0.6 is 15.9 Å². The third-order valence-corrected chi connectivity index (χ3v) is 4.16. The molecule has 1 aromatic carbocycles. The number of nitrogens with zero attached hydrogens (tertiary/aromatic N) is 3. The normalized spacial score (nSPS) is 13.9. The molecule has 0 unspecified atom stereocenters. The number of rotatable bonds is 4. The number of hydrogen-bond acceptors (Lipinski definition) is 4. The van der Waals surface area contributed by atoms with E-state index in [1.54, 1.807) is 7.11 Å². The Bertz CT molecular complexity index is 611. The SMILES string of the molecule is COc1ccc(NCc2nnc3n2CCCC3)cc1Br. The van der Waals surface area contributed by atoms with E-state index in [-0.39, 0.29) is 0 Å². The lowest BCUT2D eigenvalue weighted by atomic mass is 10.2. The van der Waals surface area contributed by atoms with Crippen LogP contribution in [0.3, 0.4) is 0 Å². The average molecular weight is 337 g/mol. The molecule has 0 aliphatic carbocycles. The van der Waals surface area contributed by atoms with Gasteiger partial charge in [0.25, 0.3) is 0 Å². The molecule has 0 radical (unpaired) electrons. The number of fused-ring (bicyclic) bond motifs is 1. The molecule has 0 spiro atoms. The quantitative estimate of drug-likeness (QED) is 0.932. The van der Waals surface area contributed by atoms with Crippen LogP contribution in [0, 0.1) is 0 Å². The first-order chi connectivity index (χ1) is 9.78. The minimum atomic E-state index is 0.686. The van der Waals surface area contributed by atoms with E-state index in [0.29, 0.717) is 6.54 Å². The molecular formula is C14H17BrN4O. The van der Waals surface area contributed by atoms with Crippen LogP contribution in [0.1, 0.15) is 24.5 Å². The van der Waals surface area contributed by atoms with E-state index >= 15 is 0 Å². The van der Waals surface area contributed by atoms with Gasteiger partial charge in [0.05, 0.1) is 18.1 Å². The van der Waals surface area contributed by atoms with Crippen molar-refractivity contribution in [3.05, 3.63) is 34.3 Å². The Hall–Kier alpha value is -1.56. The van der Waals surface area contributed by atoms with Crippen molar-refractivity contribution in [2.45, 2.75) is 32.4 Å². The lowest BCUT2D eigenvalue weighted by Crippen LogP contribution is -2.15. The summed E-state index contributed by atoms with van der Waals surface area (Å²) in [5.74, 6) is 2.95. The first-order valence-electron chi connectivity index (χ1n) is 6.76. The van der Waals surface area contributed by atoms with Gasteiger partial charge in [0, 0.05) is 18.7 Å². The van der Waals surface area contributed by atoms with E-state index in [1.165, 1.54) is 12.8 Å². The summed E-state index contributed by atoms with van der Waals surface area (Å²) in [5, 5.41) is 11.9. The predicted octanol–water partition coefficient (Wildman–Crippen LogP) is 3.00. The van der Waals surface area contributed by atoms with Crippen LogP contribution in [-0.2, 0) is 19.5 Å². The molecule has 2 heterocycles. The third-order valence-electron chi connectivity index (χ3n) is 3.54. The first kappa shape index (κ1) is 13.4. The molecule has 20 heavy (non-hydrogen) atoms. The van der Waals surface area contributed by atoms with Gasteiger partial charge < -0.3 is 14.6 Å². The number of aryl methyl sites for hydroxylation is 1. The minimum Gasteiger partial charge on any atom is -0.496 e. The van der Waals surface area contributed by atoms with Gasteiger partial charge in [0.1, 0.15) is 11.6 Å². The fourth-order valence-corrected chi connectivity index (χ4v) is 3.00. The summed E-state index contributed by atoms with van der Waals surface area (Å²) in [6.45, 7) is 1.72. The molecule has 0 bridgehead atoms. The van der Waals surface area contributed by atoms with Crippen LogP contribution in [0.2, 0.25) is 0 Å². The van der Waals surface area contributed by atoms with Gasteiger partial charge in [-0.1, -0.05) is 0 Å². The lowest BCUT2D eigenvalue weighted by molar-refractivity contribution is 0.412. The van der Waals surface area contributed by atoms with E-state index in [9.17, 15) is 0 Å². The minimum absolute atomic E-state index is 0.686. The molecule has 1 aliphatic heterocycles. The molecule has 1 N–H and O–H groups in total. The Labute approximate surface area is 126 Å². The van der Waals surface area contributed by atoms with Crippen molar-refractivity contribution in [3.63, 3.8) is 0 Å². The van der Waals surface area contributed by atoms with Crippen molar-refractivity contribution in [1.82, 2.24) is 14.8 Å². The van der Waals surface area contributed by atoms with Gasteiger partial charge >= 0.3 is 0 Å². The number of aromatic nitrogens is 3. The van der Waals surface area contributed by atoms with Crippen molar-refractivity contribution >= 4 is 21.6 Å². The number of methoxy groups -OCH3 is 1. The molecule has 1 aromatic heterocycles. The Morgan fingerprint density at radius 1 is 1.35 bits per heavy atom. The molecule has 3 rings (SSSR count). The van der Waals surface area contributed by atoms with Crippen LogP contribution in [0.5, 0.6) is 5.75 Å². The number of halogens is 1. The van der Waals surface area contributed by atoms with Crippen LogP contribution in [0.4, 0.5) is 5.69 Å². The molecule has 2 aromatic rings. The highest BCUT2D eigenvalue weighted by atomic mass is 79.9. The number of benzene rings is 1. The van der Waals surface area contributed by atoms with Gasteiger partial charge in [-0.05, 0) is 47.0 Å². The summed E-state index contributed by atoms with van der Waals surface area (Å²) in [7, 11) is 1.66. The summed E-state index contributed by atoms with van der Waals surface area (Å²) in [4.78, 5) is 0. The molecule has 106 valence electrons. The van der Waals surface area contributed by atoms with Crippen molar-refractivity contribution in [1.29, 1.82) is 0 Å². The number of ether oxygens (including phenoxy) is 1. The zero-order chi connectivity index (χ0) is 13.9. The van der Waals surface area contributed by atoms with Gasteiger partial charge in [-0.3, -0.25) is 0 Å². The number of anilines is 1. The van der Waals surface area contributed by atoms with E-state index < -0.39 is 0 Å². The monoisotopic (exact) mass is 336 g/mol. The van der Waals surface area contributed by atoms with Gasteiger partial charge in [0.2, 0.25) is 0 Å². The lowest BCUT2D eigenvalue weighted by Gasteiger charge is -2.15. The van der Waals surface area contributed by atoms with Crippen LogP contribution in [-0.4, -0.2) is 21.9 Å². The van der Waals surface area contributed by atoms with Crippen molar-refractivity contribution in [2.75, 3.05) is 12.4 Å². The highest BCUT2D eigenvalue weighted by molar-refractivity contribution is 9.10. The van der Waals surface area contributed by atoms with Crippen molar-refractivity contribution < 1.29 is 4.74 Å². The summed E-state index contributed by atoms with van der Waals surface area (Å²) >= 11 is 3.49. The van der Waals surface area contributed by atoms with Crippen LogP contribution < -0.4 is 10.1 Å². The van der Waals surface area contributed by atoms with Gasteiger partial charge in [-0.15, -0.1) is 10.2 Å². The first-order valence-corrected chi connectivity index (χ1v) is 7.55. The zero-order valence-corrected chi connectivity index (χ0v) is 13.0. The third kappa shape index (κ3) is 2.65. The molecular weight excluding hydrogens is 320 g/mol. The smallest absolute Gasteiger partial charge is 0.152 e. The predicted molar refractivity (Wildman–Crippen MR) is 81.0 cm³/mol. The molecule has 5 nitrogen and oxygen atoms in total. The van der Waals surface area contributed by atoms with Gasteiger partial charge in [-0.25, -0.2) is 0 Å². The molecule has 0 saturated heterocycles. The maximum absolute atomic E-state index is 5.22. The zero-order valence-electron chi connectivity index (χ0n) is 11.4. The fraction of sp³-hybridized carbons (Fsp3) is 0.429. The summed E-state index contributed by atoms with van der Waals surface area (Å²) in [5.41, 5.74) is 1.03. The topological polar surface area (TPSA) is 52.0 Å². The Balaban J connectivity index is 1.70. The van der Waals surface area contributed by atoms with E-state index in [1.807, 2.05) is 18.2 Å². The Morgan fingerprint density at radius 2 is 2.25 bits per heavy atom. The second kappa shape index (κ2) is 5.83. The van der Waals surface area contributed by atoms with Gasteiger partial charge in [-0.2, -0.15) is 0 Å². The highest BCUT2D eigenvalue weighted by Crippen LogP contribution is 2.28. The Morgan fingerprint density at radius 3 is 3.05 bits per heavy atom. The van der Waals surface area contributed by atoms with E-state index in [2.05, 4.69) is 36.0 Å². The molecule has 1 aliphatic rings. The van der Waals surface area contributed by atoms with Gasteiger partial charge in [0.15, 0.2) is 5.82 Å². The molecule has 0 amide bonds. The second-order valence-electron chi connectivity index (χ2n) is 4.84. The molecule has 6 heteroatoms. The summed E-state index contributed by atoms with van der Waals surface area (Å²) < 4.78 is 8.39. The molecule has 0 fully saturated rings. The molecule has 0 saturated carbocycles. The second-order valence-corrected chi connectivity index (χ2v) is 5.70. The fourth-order valence-electron chi connectivity index (χ4n) is 2.46. The molecule has 0 atom stereocenters. The maximum Gasteiger partial charge on any atom is 0.152 e. The Kier molecular flexibility index (Phi) is 3.91. The van der Waals surface area contributed by atoms with E-state index in [4.69, 9.17) is 4.74 Å². The van der Waals surface area contributed by atoms with Crippen molar-refractivity contribution in [3.8, 4) is 5.75 Å². The maximum atomic E-state index is 5.22. The number of nitrogens with one attached hydrogen (secondary N) is 1. The summed E-state index contributed by atoms with van der Waals surface area (Å²) in [6, 6.07) is 5.94.